The Labute approximate surface area is 169 Å². The minimum absolute atomic E-state index is 0.00362. The molecule has 0 unspecified atom stereocenters. The molecule has 6 heteroatoms. The molecule has 1 aliphatic heterocycles. The first-order chi connectivity index (χ1) is 12.2. The SMILES string of the molecule is CC(C)[Si](O[C@H]1C(=O)C=CO[C@@H]1CO[Si](C)(C)C(C)(C)C)(C(C)C)C(C)C. The molecular weight excluding hydrogens is 372 g/mol. The molecule has 0 amide bonds. The molecule has 0 aromatic carbocycles. The third kappa shape index (κ3) is 5.34. The second kappa shape index (κ2) is 8.93. The number of hydrogen-bond acceptors (Lipinski definition) is 4. The fourth-order valence-electron chi connectivity index (χ4n) is 3.95. The van der Waals surface area contributed by atoms with E-state index in [0.717, 1.165) is 0 Å². The van der Waals surface area contributed by atoms with Gasteiger partial charge in [-0.3, -0.25) is 4.79 Å². The largest absolute Gasteiger partial charge is 0.492 e. The smallest absolute Gasteiger partial charge is 0.201 e. The molecule has 0 N–H and O–H groups in total. The zero-order chi connectivity index (χ0) is 21.2. The van der Waals surface area contributed by atoms with Gasteiger partial charge in [0.05, 0.1) is 12.9 Å². The molecule has 0 aromatic heterocycles. The van der Waals surface area contributed by atoms with Crippen LogP contribution in [0.5, 0.6) is 0 Å². The van der Waals surface area contributed by atoms with Crippen LogP contribution in [0.2, 0.25) is 34.8 Å². The van der Waals surface area contributed by atoms with Gasteiger partial charge in [0, 0.05) is 6.08 Å². The van der Waals surface area contributed by atoms with Gasteiger partial charge in [0.15, 0.2) is 20.2 Å². The highest BCUT2D eigenvalue weighted by Crippen LogP contribution is 2.44. The van der Waals surface area contributed by atoms with Crippen LogP contribution in [0.25, 0.3) is 0 Å². The van der Waals surface area contributed by atoms with Crippen molar-refractivity contribution in [2.24, 2.45) is 0 Å². The summed E-state index contributed by atoms with van der Waals surface area (Å²) < 4.78 is 19.0. The van der Waals surface area contributed by atoms with Gasteiger partial charge in [-0.15, -0.1) is 0 Å². The number of rotatable bonds is 8. The quantitative estimate of drug-likeness (QED) is 0.453. The van der Waals surface area contributed by atoms with Crippen LogP contribution in [0.3, 0.4) is 0 Å². The van der Waals surface area contributed by atoms with Crippen molar-refractivity contribution in [1.82, 2.24) is 0 Å². The Kier molecular flexibility index (Phi) is 8.14. The van der Waals surface area contributed by atoms with Crippen LogP contribution in [0.15, 0.2) is 12.3 Å². The molecule has 1 heterocycles. The standard InChI is InChI=1S/C21H42O4Si2/c1-15(2)27(16(3)4,17(5)6)25-20-18(22)12-13-23-19(20)14-24-26(10,11)21(7,8)9/h12-13,15-17,19-20H,14H2,1-11H3/t19-,20+/m1/s1. The van der Waals surface area contributed by atoms with Crippen molar-refractivity contribution in [2.45, 2.75) is 109 Å². The van der Waals surface area contributed by atoms with Gasteiger partial charge in [0.1, 0.15) is 6.10 Å². The van der Waals surface area contributed by atoms with E-state index in [-0.39, 0.29) is 16.9 Å². The summed E-state index contributed by atoms with van der Waals surface area (Å²) in [4.78, 5) is 12.8. The van der Waals surface area contributed by atoms with E-state index < -0.39 is 22.7 Å². The Bertz CT molecular complexity index is 511. The molecular formula is C21H42O4Si2. The van der Waals surface area contributed by atoms with Crippen LogP contribution in [-0.2, 0) is 18.4 Å². The van der Waals surface area contributed by atoms with Crippen molar-refractivity contribution >= 4 is 22.4 Å². The maximum Gasteiger partial charge on any atom is 0.201 e. The molecule has 0 fully saturated rings. The fraction of sp³-hybridized carbons (Fsp3) is 0.857. The lowest BCUT2D eigenvalue weighted by Crippen LogP contribution is -2.56. The zero-order valence-electron chi connectivity index (χ0n) is 19.4. The molecule has 1 rings (SSSR count). The van der Waals surface area contributed by atoms with Gasteiger partial charge in [0.2, 0.25) is 8.32 Å². The van der Waals surface area contributed by atoms with E-state index in [9.17, 15) is 4.79 Å². The first-order valence-electron chi connectivity index (χ1n) is 10.3. The average Bonchev–Trinajstić information content (AvgIpc) is 2.49. The highest BCUT2D eigenvalue weighted by molar-refractivity contribution is 6.77. The Morgan fingerprint density at radius 2 is 1.52 bits per heavy atom. The molecule has 27 heavy (non-hydrogen) atoms. The Balaban J connectivity index is 3.10. The minimum Gasteiger partial charge on any atom is -0.492 e. The van der Waals surface area contributed by atoms with Crippen molar-refractivity contribution < 1.29 is 18.4 Å². The summed E-state index contributed by atoms with van der Waals surface area (Å²) in [6.45, 7) is 24.9. The molecule has 0 aromatic rings. The van der Waals surface area contributed by atoms with E-state index in [2.05, 4.69) is 75.4 Å². The predicted molar refractivity (Wildman–Crippen MR) is 118 cm³/mol. The van der Waals surface area contributed by atoms with E-state index in [1.165, 1.54) is 12.3 Å². The lowest BCUT2D eigenvalue weighted by molar-refractivity contribution is -0.131. The second-order valence-corrected chi connectivity index (χ2v) is 20.5. The molecule has 0 saturated heterocycles. The van der Waals surface area contributed by atoms with Gasteiger partial charge in [-0.25, -0.2) is 0 Å². The van der Waals surface area contributed by atoms with Crippen LogP contribution < -0.4 is 0 Å². The molecule has 158 valence electrons. The summed E-state index contributed by atoms with van der Waals surface area (Å²) in [6.07, 6.45) is 2.07. The van der Waals surface area contributed by atoms with Gasteiger partial charge in [-0.2, -0.15) is 0 Å². The lowest BCUT2D eigenvalue weighted by Gasteiger charge is -2.46. The molecule has 0 saturated carbocycles. The van der Waals surface area contributed by atoms with E-state index in [1.54, 1.807) is 0 Å². The molecule has 1 aliphatic rings. The Morgan fingerprint density at radius 1 is 1.04 bits per heavy atom. The minimum atomic E-state index is -2.19. The summed E-state index contributed by atoms with van der Waals surface area (Å²) in [6, 6.07) is 0. The fourth-order valence-corrected chi connectivity index (χ4v) is 10.5. The molecule has 0 spiro atoms. The van der Waals surface area contributed by atoms with Crippen molar-refractivity contribution in [2.75, 3.05) is 6.61 Å². The highest BCUT2D eigenvalue weighted by Gasteiger charge is 2.50. The van der Waals surface area contributed by atoms with Crippen LogP contribution in [-0.4, -0.2) is 41.2 Å². The highest BCUT2D eigenvalue weighted by atomic mass is 28.4. The van der Waals surface area contributed by atoms with Crippen molar-refractivity contribution in [3.8, 4) is 0 Å². The van der Waals surface area contributed by atoms with Crippen LogP contribution in [0.4, 0.5) is 0 Å². The van der Waals surface area contributed by atoms with Gasteiger partial charge in [0.25, 0.3) is 0 Å². The lowest BCUT2D eigenvalue weighted by atomic mass is 10.1. The number of hydrogen-bond donors (Lipinski definition) is 0. The van der Waals surface area contributed by atoms with E-state index in [4.69, 9.17) is 13.6 Å². The summed E-state index contributed by atoms with van der Waals surface area (Å²) >= 11 is 0. The monoisotopic (exact) mass is 414 g/mol. The summed E-state index contributed by atoms with van der Waals surface area (Å²) in [7, 11) is -4.11. The van der Waals surface area contributed by atoms with Crippen LogP contribution >= 0.6 is 0 Å². The number of carbonyl (C=O) groups excluding carboxylic acids is 1. The van der Waals surface area contributed by atoms with Crippen LogP contribution in [0.1, 0.15) is 62.3 Å². The predicted octanol–water partition coefficient (Wildman–Crippen LogP) is 6.05. The van der Waals surface area contributed by atoms with Crippen molar-refractivity contribution in [3.05, 3.63) is 12.3 Å². The maximum absolute atomic E-state index is 12.8. The summed E-state index contributed by atoms with van der Waals surface area (Å²) in [5, 5.41) is 0.115. The first-order valence-corrected chi connectivity index (χ1v) is 15.4. The second-order valence-electron chi connectivity index (χ2n) is 10.3. The topological polar surface area (TPSA) is 44.8 Å². The maximum atomic E-state index is 12.8. The zero-order valence-corrected chi connectivity index (χ0v) is 21.4. The third-order valence-corrected chi connectivity index (χ3v) is 17.1. The van der Waals surface area contributed by atoms with E-state index in [1.807, 2.05) is 0 Å². The van der Waals surface area contributed by atoms with Crippen molar-refractivity contribution in [1.29, 1.82) is 0 Å². The summed E-state index contributed by atoms with van der Waals surface area (Å²) in [5.74, 6) is 0.00362. The summed E-state index contributed by atoms with van der Waals surface area (Å²) in [5.41, 5.74) is 1.24. The molecule has 0 radical (unpaired) electrons. The third-order valence-electron chi connectivity index (χ3n) is 6.56. The first kappa shape index (κ1) is 24.6. The number of ketones is 1. The molecule has 0 bridgehead atoms. The van der Waals surface area contributed by atoms with Gasteiger partial charge in [-0.1, -0.05) is 62.3 Å². The molecule has 4 nitrogen and oxygen atoms in total. The Hall–Kier alpha value is -0.436. The van der Waals surface area contributed by atoms with Gasteiger partial charge >= 0.3 is 0 Å². The normalized spacial score (nSPS) is 22.1. The van der Waals surface area contributed by atoms with Gasteiger partial charge in [-0.05, 0) is 34.8 Å². The van der Waals surface area contributed by atoms with Crippen LogP contribution in [0, 0.1) is 0 Å². The Morgan fingerprint density at radius 3 is 1.93 bits per heavy atom. The number of ether oxygens (including phenoxy) is 1. The van der Waals surface area contributed by atoms with Crippen molar-refractivity contribution in [3.63, 3.8) is 0 Å². The number of carbonyl (C=O) groups is 1. The average molecular weight is 415 g/mol. The molecule has 0 aliphatic carbocycles. The van der Waals surface area contributed by atoms with E-state index in [0.29, 0.717) is 23.2 Å². The van der Waals surface area contributed by atoms with Gasteiger partial charge < -0.3 is 13.6 Å². The van der Waals surface area contributed by atoms with E-state index >= 15 is 0 Å². The molecule has 2 atom stereocenters.